The van der Waals surface area contributed by atoms with Crippen LogP contribution in [0.15, 0.2) is 48.5 Å². The predicted molar refractivity (Wildman–Crippen MR) is 87.4 cm³/mol. The summed E-state index contributed by atoms with van der Waals surface area (Å²) in [6.45, 7) is 6.51. The Balaban J connectivity index is 1.83. The Kier molecular flexibility index (Phi) is 3.48. The SMILES string of the molecule is CC(C)(C)c1ccc(CC2C(=O)c3ccccc3C2=O)cc1. The van der Waals surface area contributed by atoms with Crippen molar-refractivity contribution in [2.24, 2.45) is 5.92 Å². The summed E-state index contributed by atoms with van der Waals surface area (Å²) in [6.07, 6.45) is 0.483. The Hall–Kier alpha value is -2.22. The smallest absolute Gasteiger partial charge is 0.174 e. The summed E-state index contributed by atoms with van der Waals surface area (Å²) < 4.78 is 0. The summed E-state index contributed by atoms with van der Waals surface area (Å²) in [5.74, 6) is -0.640. The molecule has 2 heteroatoms. The van der Waals surface area contributed by atoms with Gasteiger partial charge in [-0.1, -0.05) is 69.3 Å². The van der Waals surface area contributed by atoms with Gasteiger partial charge in [-0.3, -0.25) is 9.59 Å². The van der Waals surface area contributed by atoms with Gasteiger partial charge >= 0.3 is 0 Å². The van der Waals surface area contributed by atoms with Gasteiger partial charge in [0.25, 0.3) is 0 Å². The van der Waals surface area contributed by atoms with E-state index in [2.05, 4.69) is 32.9 Å². The van der Waals surface area contributed by atoms with E-state index < -0.39 is 5.92 Å². The number of hydrogen-bond donors (Lipinski definition) is 0. The number of hydrogen-bond acceptors (Lipinski definition) is 2. The number of benzene rings is 2. The molecule has 0 bridgehead atoms. The third-order valence-corrected chi connectivity index (χ3v) is 4.35. The molecule has 0 amide bonds. The highest BCUT2D eigenvalue weighted by molar-refractivity contribution is 6.26. The maximum atomic E-state index is 12.4. The molecular weight excluding hydrogens is 272 g/mol. The lowest BCUT2D eigenvalue weighted by Crippen LogP contribution is -2.18. The molecule has 2 nitrogen and oxygen atoms in total. The number of carbonyl (C=O) groups is 2. The minimum Gasteiger partial charge on any atom is -0.293 e. The van der Waals surface area contributed by atoms with Crippen LogP contribution in [-0.4, -0.2) is 11.6 Å². The van der Waals surface area contributed by atoms with Crippen LogP contribution < -0.4 is 0 Å². The first-order valence-electron chi connectivity index (χ1n) is 7.65. The maximum Gasteiger partial charge on any atom is 0.174 e. The monoisotopic (exact) mass is 292 g/mol. The molecule has 0 saturated carbocycles. The largest absolute Gasteiger partial charge is 0.293 e. The minimum atomic E-state index is -0.558. The van der Waals surface area contributed by atoms with Crippen molar-refractivity contribution in [1.29, 1.82) is 0 Å². The summed E-state index contributed by atoms with van der Waals surface area (Å²) in [4.78, 5) is 24.8. The quantitative estimate of drug-likeness (QED) is 0.777. The second-order valence-electron chi connectivity index (χ2n) is 6.98. The van der Waals surface area contributed by atoms with Crippen LogP contribution in [0.4, 0.5) is 0 Å². The van der Waals surface area contributed by atoms with E-state index in [0.29, 0.717) is 17.5 Å². The summed E-state index contributed by atoms with van der Waals surface area (Å²) >= 11 is 0. The van der Waals surface area contributed by atoms with Crippen molar-refractivity contribution >= 4 is 11.6 Å². The maximum absolute atomic E-state index is 12.4. The molecule has 3 rings (SSSR count). The van der Waals surface area contributed by atoms with E-state index >= 15 is 0 Å². The highest BCUT2D eigenvalue weighted by atomic mass is 16.2. The zero-order valence-corrected chi connectivity index (χ0v) is 13.2. The van der Waals surface area contributed by atoms with Gasteiger partial charge in [0.1, 0.15) is 0 Å². The van der Waals surface area contributed by atoms with Crippen molar-refractivity contribution in [3.05, 3.63) is 70.8 Å². The van der Waals surface area contributed by atoms with Crippen LogP contribution >= 0.6 is 0 Å². The van der Waals surface area contributed by atoms with Gasteiger partial charge in [0.05, 0.1) is 5.92 Å². The lowest BCUT2D eigenvalue weighted by molar-refractivity contribution is 0.0838. The minimum absolute atomic E-state index is 0.0412. The molecule has 0 aliphatic heterocycles. The van der Waals surface area contributed by atoms with Gasteiger partial charge < -0.3 is 0 Å². The van der Waals surface area contributed by atoms with Crippen LogP contribution in [0.1, 0.15) is 52.6 Å². The van der Waals surface area contributed by atoms with E-state index in [9.17, 15) is 9.59 Å². The summed E-state index contributed by atoms with van der Waals surface area (Å²) in [7, 11) is 0. The molecule has 0 spiro atoms. The van der Waals surface area contributed by atoms with Gasteiger partial charge in [0, 0.05) is 11.1 Å². The zero-order valence-electron chi connectivity index (χ0n) is 13.2. The van der Waals surface area contributed by atoms with E-state index in [0.717, 1.165) is 5.56 Å². The molecule has 0 heterocycles. The lowest BCUT2D eigenvalue weighted by atomic mass is 9.85. The molecule has 112 valence electrons. The first-order valence-corrected chi connectivity index (χ1v) is 7.65. The molecule has 2 aromatic carbocycles. The standard InChI is InChI=1S/C20H20O2/c1-20(2,3)14-10-8-13(9-11-14)12-17-18(21)15-6-4-5-7-16(15)19(17)22/h4-11,17H,12H2,1-3H3. The van der Waals surface area contributed by atoms with Crippen molar-refractivity contribution in [3.63, 3.8) is 0 Å². The van der Waals surface area contributed by atoms with Crippen LogP contribution in [0.5, 0.6) is 0 Å². The molecule has 0 radical (unpaired) electrons. The van der Waals surface area contributed by atoms with Crippen LogP contribution in [-0.2, 0) is 11.8 Å². The molecule has 2 aromatic rings. The first-order chi connectivity index (χ1) is 10.4. The Morgan fingerprint density at radius 3 is 1.77 bits per heavy atom. The molecule has 0 unspecified atom stereocenters. The van der Waals surface area contributed by atoms with Gasteiger partial charge in [-0.25, -0.2) is 0 Å². The molecule has 22 heavy (non-hydrogen) atoms. The fourth-order valence-electron chi connectivity index (χ4n) is 2.97. The first kappa shape index (κ1) is 14.7. The third kappa shape index (κ3) is 2.50. The van der Waals surface area contributed by atoms with Crippen molar-refractivity contribution in [3.8, 4) is 0 Å². The second-order valence-corrected chi connectivity index (χ2v) is 6.98. The van der Waals surface area contributed by atoms with Crippen LogP contribution in [0.2, 0.25) is 0 Å². The van der Waals surface area contributed by atoms with Crippen LogP contribution in [0.3, 0.4) is 0 Å². The molecule has 0 N–H and O–H groups in total. The Bertz CT molecular complexity index is 698. The topological polar surface area (TPSA) is 34.1 Å². The van der Waals surface area contributed by atoms with Crippen molar-refractivity contribution in [2.45, 2.75) is 32.6 Å². The Morgan fingerprint density at radius 1 is 0.818 bits per heavy atom. The second kappa shape index (κ2) is 5.20. The van der Waals surface area contributed by atoms with E-state index in [1.807, 2.05) is 24.3 Å². The van der Waals surface area contributed by atoms with Gasteiger partial charge in [0.2, 0.25) is 0 Å². The number of Topliss-reactive ketones (excluding diaryl/α,β-unsaturated/α-hetero) is 2. The molecule has 0 atom stereocenters. The third-order valence-electron chi connectivity index (χ3n) is 4.35. The summed E-state index contributed by atoms with van der Waals surface area (Å²) in [5, 5.41) is 0. The lowest BCUT2D eigenvalue weighted by Gasteiger charge is -2.19. The number of fused-ring (bicyclic) bond motifs is 1. The highest BCUT2D eigenvalue weighted by Gasteiger charge is 2.37. The average Bonchev–Trinajstić information content (AvgIpc) is 2.73. The summed E-state index contributed by atoms with van der Waals surface area (Å²) in [5.41, 5.74) is 3.54. The van der Waals surface area contributed by atoms with Crippen LogP contribution in [0, 0.1) is 5.92 Å². The zero-order chi connectivity index (χ0) is 15.9. The normalized spacial score (nSPS) is 15.2. The van der Waals surface area contributed by atoms with E-state index in [-0.39, 0.29) is 17.0 Å². The molecule has 1 aliphatic rings. The predicted octanol–water partition coefficient (Wildman–Crippen LogP) is 4.22. The van der Waals surface area contributed by atoms with E-state index in [4.69, 9.17) is 0 Å². The number of ketones is 2. The summed E-state index contributed by atoms with van der Waals surface area (Å²) in [6, 6.07) is 15.4. The molecule has 1 aliphatic carbocycles. The Morgan fingerprint density at radius 2 is 1.32 bits per heavy atom. The fourth-order valence-corrected chi connectivity index (χ4v) is 2.97. The van der Waals surface area contributed by atoms with Crippen molar-refractivity contribution in [1.82, 2.24) is 0 Å². The highest BCUT2D eigenvalue weighted by Crippen LogP contribution is 2.30. The number of carbonyl (C=O) groups excluding carboxylic acids is 2. The van der Waals surface area contributed by atoms with Gasteiger partial charge in [0.15, 0.2) is 11.6 Å². The van der Waals surface area contributed by atoms with Gasteiger partial charge in [-0.15, -0.1) is 0 Å². The molecule has 0 aromatic heterocycles. The van der Waals surface area contributed by atoms with Gasteiger partial charge in [-0.05, 0) is 23.0 Å². The molecule has 0 fully saturated rings. The molecule has 0 saturated heterocycles. The van der Waals surface area contributed by atoms with Crippen molar-refractivity contribution < 1.29 is 9.59 Å². The van der Waals surface area contributed by atoms with E-state index in [1.54, 1.807) is 12.1 Å². The Labute approximate surface area is 131 Å². The molecular formula is C20H20O2. The fraction of sp³-hybridized carbons (Fsp3) is 0.300. The van der Waals surface area contributed by atoms with Gasteiger partial charge in [-0.2, -0.15) is 0 Å². The number of rotatable bonds is 2. The van der Waals surface area contributed by atoms with Crippen molar-refractivity contribution in [2.75, 3.05) is 0 Å². The van der Waals surface area contributed by atoms with Crippen LogP contribution in [0.25, 0.3) is 0 Å². The average molecular weight is 292 g/mol. The van der Waals surface area contributed by atoms with E-state index in [1.165, 1.54) is 5.56 Å².